The number of hydrogen-bond acceptors (Lipinski definition) is 3. The first-order valence-corrected chi connectivity index (χ1v) is 9.62. The molecule has 5 rings (SSSR count). The highest BCUT2D eigenvalue weighted by Gasteiger charge is 2.23. The Morgan fingerprint density at radius 1 is 0.828 bits per heavy atom. The van der Waals surface area contributed by atoms with Gasteiger partial charge in [0.05, 0.1) is 18.7 Å². The van der Waals surface area contributed by atoms with Gasteiger partial charge in [-0.25, -0.2) is 0 Å². The van der Waals surface area contributed by atoms with E-state index in [9.17, 15) is 0 Å². The van der Waals surface area contributed by atoms with E-state index in [-0.39, 0.29) is 0 Å². The lowest BCUT2D eigenvalue weighted by atomic mass is 10.1. The minimum atomic E-state index is 0.477. The fraction of sp³-hybridized carbons (Fsp3) is 0.0800. The van der Waals surface area contributed by atoms with E-state index < -0.39 is 0 Å². The van der Waals surface area contributed by atoms with E-state index in [4.69, 9.17) is 5.26 Å². The van der Waals surface area contributed by atoms with Crippen LogP contribution in [0.25, 0.3) is 22.0 Å². The lowest BCUT2D eigenvalue weighted by molar-refractivity contribution is 0.744. The summed E-state index contributed by atoms with van der Waals surface area (Å²) in [5.41, 5.74) is 7.64. The third kappa shape index (κ3) is 2.94. The van der Waals surface area contributed by atoms with Crippen molar-refractivity contribution in [3.8, 4) is 17.2 Å². The molecule has 1 aliphatic carbocycles. The highest BCUT2D eigenvalue weighted by Crippen LogP contribution is 2.36. The molecule has 0 spiro atoms. The van der Waals surface area contributed by atoms with Crippen LogP contribution in [0.5, 0.6) is 0 Å². The molecule has 4 aromatic rings. The Balaban J connectivity index is 1.55. The lowest BCUT2D eigenvalue weighted by Crippen LogP contribution is -1.97. The van der Waals surface area contributed by atoms with Crippen molar-refractivity contribution >= 4 is 22.8 Å². The van der Waals surface area contributed by atoms with Gasteiger partial charge in [-0.2, -0.15) is 10.4 Å². The molecule has 0 N–H and O–H groups in total. The first-order valence-electron chi connectivity index (χ1n) is 9.62. The van der Waals surface area contributed by atoms with Gasteiger partial charge in [-0.1, -0.05) is 66.7 Å². The van der Waals surface area contributed by atoms with Crippen LogP contribution in [-0.2, 0) is 6.54 Å². The third-order valence-corrected chi connectivity index (χ3v) is 5.29. The second-order valence-electron chi connectivity index (χ2n) is 6.99. The fourth-order valence-corrected chi connectivity index (χ4v) is 3.98. The maximum atomic E-state index is 8.92. The van der Waals surface area contributed by atoms with Gasteiger partial charge in [0, 0.05) is 40.3 Å². The number of hydrogen-bond donors (Lipinski definition) is 0. The predicted molar refractivity (Wildman–Crippen MR) is 117 cm³/mol. The van der Waals surface area contributed by atoms with E-state index in [0.29, 0.717) is 13.0 Å². The molecule has 1 heterocycles. The minimum Gasteiger partial charge on any atom is -0.346 e. The van der Waals surface area contributed by atoms with Crippen LogP contribution < -0.4 is 0 Å². The van der Waals surface area contributed by atoms with Crippen LogP contribution in [0.2, 0.25) is 0 Å². The normalized spacial score (nSPS) is 12.2. The Morgan fingerprint density at radius 3 is 2.14 bits per heavy atom. The Morgan fingerprint density at radius 2 is 1.45 bits per heavy atom. The smallest absolute Gasteiger partial charge is 0.101 e. The van der Waals surface area contributed by atoms with Crippen molar-refractivity contribution < 1.29 is 0 Å². The molecule has 0 bridgehead atoms. The van der Waals surface area contributed by atoms with Crippen LogP contribution in [0.4, 0.5) is 0 Å². The molecule has 4 nitrogen and oxygen atoms in total. The van der Waals surface area contributed by atoms with E-state index in [1.165, 1.54) is 11.1 Å². The van der Waals surface area contributed by atoms with Gasteiger partial charge >= 0.3 is 0 Å². The molecule has 0 radical (unpaired) electrons. The van der Waals surface area contributed by atoms with Crippen LogP contribution in [0.1, 0.15) is 23.1 Å². The third-order valence-electron chi connectivity index (χ3n) is 5.29. The zero-order valence-corrected chi connectivity index (χ0v) is 15.8. The van der Waals surface area contributed by atoms with Crippen molar-refractivity contribution in [1.82, 2.24) is 4.57 Å². The SMILES string of the molecule is N#CCCn1cc(/C=N\N=C2c3ccccc3-c3ccccc32)c2ccccc21. The topological polar surface area (TPSA) is 53.4 Å². The summed E-state index contributed by atoms with van der Waals surface area (Å²) in [7, 11) is 0. The van der Waals surface area contributed by atoms with Crippen LogP contribution in [0, 0.1) is 11.3 Å². The number of aromatic nitrogens is 1. The zero-order chi connectivity index (χ0) is 19.6. The van der Waals surface area contributed by atoms with Crippen molar-refractivity contribution in [2.75, 3.05) is 0 Å². The first kappa shape index (κ1) is 17.2. The molecule has 138 valence electrons. The molecule has 0 unspecified atom stereocenters. The first-order chi connectivity index (χ1) is 14.4. The number of para-hydroxylation sites is 1. The van der Waals surface area contributed by atoms with Gasteiger partial charge in [-0.3, -0.25) is 0 Å². The standard InChI is InChI=1S/C25H18N4/c26-14-7-15-29-17-18(19-8-5-6-13-24(19)29)16-27-28-25-22-11-3-1-9-20(22)21-10-2-4-12-23(21)25/h1-6,8-13,16-17H,7,15H2/b27-16-. The van der Waals surface area contributed by atoms with Crippen LogP contribution >= 0.6 is 0 Å². The van der Waals surface area contributed by atoms with Gasteiger partial charge in [0.1, 0.15) is 5.71 Å². The van der Waals surface area contributed by atoms with Gasteiger partial charge in [0.25, 0.3) is 0 Å². The summed E-state index contributed by atoms with van der Waals surface area (Å²) in [5, 5.41) is 19.1. The van der Waals surface area contributed by atoms with Gasteiger partial charge in [-0.15, -0.1) is 5.10 Å². The predicted octanol–water partition coefficient (Wildman–Crippen LogP) is 5.41. The van der Waals surface area contributed by atoms with Crippen molar-refractivity contribution in [1.29, 1.82) is 5.26 Å². The Kier molecular flexibility index (Phi) is 4.27. The summed E-state index contributed by atoms with van der Waals surface area (Å²) in [5.74, 6) is 0. The highest BCUT2D eigenvalue weighted by molar-refractivity contribution is 6.24. The molecule has 0 fully saturated rings. The second kappa shape index (κ2) is 7.21. The molecule has 1 aliphatic rings. The van der Waals surface area contributed by atoms with Gasteiger partial charge in [0.15, 0.2) is 0 Å². The molecule has 0 saturated carbocycles. The lowest BCUT2D eigenvalue weighted by Gasteiger charge is -2.00. The van der Waals surface area contributed by atoms with Crippen molar-refractivity contribution in [2.45, 2.75) is 13.0 Å². The molecule has 29 heavy (non-hydrogen) atoms. The second-order valence-corrected chi connectivity index (χ2v) is 6.99. The summed E-state index contributed by atoms with van der Waals surface area (Å²) in [6.07, 6.45) is 4.33. The summed E-state index contributed by atoms with van der Waals surface area (Å²) in [6.45, 7) is 0.667. The average molecular weight is 374 g/mol. The molecule has 0 atom stereocenters. The number of fused-ring (bicyclic) bond motifs is 4. The molecule has 3 aromatic carbocycles. The van der Waals surface area contributed by atoms with Gasteiger partial charge in [-0.05, 0) is 17.2 Å². The fourth-order valence-electron chi connectivity index (χ4n) is 3.98. The monoisotopic (exact) mass is 374 g/mol. The number of aryl methyl sites for hydroxylation is 1. The van der Waals surface area contributed by atoms with E-state index in [0.717, 1.165) is 33.3 Å². The molecule has 0 aliphatic heterocycles. The van der Waals surface area contributed by atoms with Gasteiger partial charge < -0.3 is 4.57 Å². The summed E-state index contributed by atoms with van der Waals surface area (Å²) in [6, 6.07) is 27.0. The molecule has 4 heteroatoms. The maximum Gasteiger partial charge on any atom is 0.101 e. The van der Waals surface area contributed by atoms with E-state index >= 15 is 0 Å². The summed E-state index contributed by atoms with van der Waals surface area (Å²) < 4.78 is 2.10. The zero-order valence-electron chi connectivity index (χ0n) is 15.8. The number of nitrogens with zero attached hydrogens (tertiary/aromatic N) is 4. The minimum absolute atomic E-state index is 0.477. The highest BCUT2D eigenvalue weighted by atomic mass is 15.2. The molecule has 0 saturated heterocycles. The largest absolute Gasteiger partial charge is 0.346 e. The number of rotatable bonds is 4. The summed E-state index contributed by atoms with van der Waals surface area (Å²) >= 11 is 0. The average Bonchev–Trinajstić information content (AvgIpc) is 3.29. The van der Waals surface area contributed by atoms with Crippen LogP contribution in [0.15, 0.2) is 89.2 Å². The Bertz CT molecular complexity index is 1270. The number of nitriles is 1. The van der Waals surface area contributed by atoms with E-state index in [1.54, 1.807) is 0 Å². The number of benzene rings is 3. The molecule has 1 aromatic heterocycles. The van der Waals surface area contributed by atoms with Crippen LogP contribution in [0.3, 0.4) is 0 Å². The van der Waals surface area contributed by atoms with Crippen LogP contribution in [-0.4, -0.2) is 16.5 Å². The van der Waals surface area contributed by atoms with E-state index in [1.807, 2.05) is 36.7 Å². The molecular weight excluding hydrogens is 356 g/mol. The Labute approximate surface area is 169 Å². The summed E-state index contributed by atoms with van der Waals surface area (Å²) in [4.78, 5) is 0. The van der Waals surface area contributed by atoms with Crippen molar-refractivity contribution in [2.24, 2.45) is 10.2 Å². The van der Waals surface area contributed by atoms with Gasteiger partial charge in [0.2, 0.25) is 0 Å². The van der Waals surface area contributed by atoms with Crippen molar-refractivity contribution in [3.05, 3.63) is 95.7 Å². The van der Waals surface area contributed by atoms with E-state index in [2.05, 4.69) is 69.4 Å². The molecule has 0 amide bonds. The molecular formula is C25H18N4. The van der Waals surface area contributed by atoms with Crippen molar-refractivity contribution in [3.63, 3.8) is 0 Å². The quantitative estimate of drug-likeness (QED) is 0.307. The maximum absolute atomic E-state index is 8.92. The Hall–Kier alpha value is -3.97.